The lowest BCUT2D eigenvalue weighted by Crippen LogP contribution is -2.68. The molecule has 21 heavy (non-hydrogen) atoms. The van der Waals surface area contributed by atoms with Gasteiger partial charge >= 0.3 is 0 Å². The Kier molecular flexibility index (Phi) is 4.95. The van der Waals surface area contributed by atoms with Crippen molar-refractivity contribution in [2.24, 2.45) is 17.8 Å². The van der Waals surface area contributed by atoms with Gasteiger partial charge in [-0.25, -0.2) is 0 Å². The van der Waals surface area contributed by atoms with Crippen LogP contribution in [0.4, 0.5) is 0 Å². The number of nitrogens with one attached hydrogen (secondary N) is 1. The molecule has 1 N–H and O–H groups in total. The first-order valence-electron chi connectivity index (χ1n) is 8.47. The molecule has 0 aromatic carbocycles. The summed E-state index contributed by atoms with van der Waals surface area (Å²) in [6.07, 6.45) is 4.87. The van der Waals surface area contributed by atoms with Gasteiger partial charge in [0.15, 0.2) is 0 Å². The van der Waals surface area contributed by atoms with Gasteiger partial charge in [-0.2, -0.15) is 0 Å². The third-order valence-corrected chi connectivity index (χ3v) is 5.21. The van der Waals surface area contributed by atoms with Crippen LogP contribution in [0.5, 0.6) is 0 Å². The van der Waals surface area contributed by atoms with Crippen molar-refractivity contribution in [3.63, 3.8) is 0 Å². The molecule has 3 unspecified atom stereocenters. The number of hydrogen-bond acceptors (Lipinski definition) is 2. The Labute approximate surface area is 128 Å². The number of amides is 2. The third-order valence-electron chi connectivity index (χ3n) is 5.21. The lowest BCUT2D eigenvalue weighted by molar-refractivity contribution is -0.156. The van der Waals surface area contributed by atoms with Crippen molar-refractivity contribution >= 4 is 11.8 Å². The maximum Gasteiger partial charge on any atom is 0.246 e. The summed E-state index contributed by atoms with van der Waals surface area (Å²) in [6.45, 7) is 10.2. The van der Waals surface area contributed by atoms with Gasteiger partial charge in [-0.3, -0.25) is 9.59 Å². The van der Waals surface area contributed by atoms with Crippen LogP contribution in [0.15, 0.2) is 0 Å². The molecule has 1 saturated carbocycles. The molecule has 3 atom stereocenters. The molecule has 2 amide bonds. The van der Waals surface area contributed by atoms with Crippen LogP contribution < -0.4 is 5.32 Å². The molecule has 0 aromatic heterocycles. The van der Waals surface area contributed by atoms with Crippen molar-refractivity contribution in [1.29, 1.82) is 0 Å². The number of hydrogen-bond donors (Lipinski definition) is 1. The highest BCUT2D eigenvalue weighted by molar-refractivity contribution is 5.97. The van der Waals surface area contributed by atoms with Crippen molar-refractivity contribution in [3.8, 4) is 0 Å². The smallest absolute Gasteiger partial charge is 0.246 e. The third kappa shape index (κ3) is 3.09. The number of nitrogens with zero attached hydrogens (tertiary/aromatic N) is 1. The predicted octanol–water partition coefficient (Wildman–Crippen LogP) is 2.57. The van der Waals surface area contributed by atoms with Gasteiger partial charge in [0, 0.05) is 6.04 Å². The zero-order valence-corrected chi connectivity index (χ0v) is 14.1. The van der Waals surface area contributed by atoms with Gasteiger partial charge < -0.3 is 10.2 Å². The van der Waals surface area contributed by atoms with E-state index < -0.39 is 0 Å². The first-order chi connectivity index (χ1) is 9.84. The van der Waals surface area contributed by atoms with Crippen LogP contribution in [0.2, 0.25) is 0 Å². The number of carbonyl (C=O) groups is 2. The summed E-state index contributed by atoms with van der Waals surface area (Å²) in [5, 5.41) is 2.94. The molecule has 4 heteroatoms. The van der Waals surface area contributed by atoms with E-state index in [0.29, 0.717) is 5.92 Å². The van der Waals surface area contributed by atoms with Gasteiger partial charge in [-0.15, -0.1) is 0 Å². The second-order valence-corrected chi connectivity index (χ2v) is 7.45. The lowest BCUT2D eigenvalue weighted by atomic mass is 9.88. The Morgan fingerprint density at radius 3 is 2.05 bits per heavy atom. The fraction of sp³-hybridized carbons (Fsp3) is 0.882. The molecule has 2 aliphatic rings. The minimum absolute atomic E-state index is 0.0214. The van der Waals surface area contributed by atoms with Crippen molar-refractivity contribution < 1.29 is 9.59 Å². The summed E-state index contributed by atoms with van der Waals surface area (Å²) in [4.78, 5) is 27.4. The largest absolute Gasteiger partial charge is 0.342 e. The molecule has 4 nitrogen and oxygen atoms in total. The predicted molar refractivity (Wildman–Crippen MR) is 83.7 cm³/mol. The van der Waals surface area contributed by atoms with Crippen LogP contribution in [0, 0.1) is 17.8 Å². The molecular weight excluding hydrogens is 264 g/mol. The van der Waals surface area contributed by atoms with Gasteiger partial charge in [-0.1, -0.05) is 40.5 Å². The molecule has 0 spiro atoms. The Bertz CT molecular complexity index is 400. The second kappa shape index (κ2) is 6.37. The number of carbonyl (C=O) groups excluding carboxylic acids is 2. The Morgan fingerprint density at radius 1 is 1.00 bits per heavy atom. The Balaban J connectivity index is 2.29. The second-order valence-electron chi connectivity index (χ2n) is 7.45. The molecule has 1 aliphatic carbocycles. The van der Waals surface area contributed by atoms with Crippen LogP contribution in [-0.4, -0.2) is 34.8 Å². The highest BCUT2D eigenvalue weighted by atomic mass is 16.2. The Morgan fingerprint density at radius 2 is 1.57 bits per heavy atom. The van der Waals surface area contributed by atoms with Crippen molar-refractivity contribution in [2.45, 2.75) is 78.4 Å². The number of piperazine rings is 1. The zero-order chi connectivity index (χ0) is 15.7. The van der Waals surface area contributed by atoms with Gasteiger partial charge in [0.05, 0.1) is 0 Å². The first-order valence-corrected chi connectivity index (χ1v) is 8.47. The van der Waals surface area contributed by atoms with Crippen LogP contribution in [-0.2, 0) is 9.59 Å². The van der Waals surface area contributed by atoms with E-state index in [9.17, 15) is 9.59 Å². The van der Waals surface area contributed by atoms with E-state index in [0.717, 1.165) is 0 Å². The summed E-state index contributed by atoms with van der Waals surface area (Å²) in [6, 6.07) is -0.515. The highest BCUT2D eigenvalue weighted by Crippen LogP contribution is 2.33. The molecule has 1 aliphatic heterocycles. The van der Waals surface area contributed by atoms with E-state index in [-0.39, 0.29) is 41.8 Å². The lowest BCUT2D eigenvalue weighted by Gasteiger charge is -2.46. The van der Waals surface area contributed by atoms with Gasteiger partial charge in [-0.05, 0) is 37.5 Å². The molecule has 1 heterocycles. The molecule has 0 bridgehead atoms. The van der Waals surface area contributed by atoms with Crippen molar-refractivity contribution in [3.05, 3.63) is 0 Å². The van der Waals surface area contributed by atoms with Crippen molar-refractivity contribution in [2.75, 3.05) is 0 Å². The maximum absolute atomic E-state index is 12.9. The molecule has 2 fully saturated rings. The number of rotatable bonds is 4. The summed E-state index contributed by atoms with van der Waals surface area (Å²) in [5.41, 5.74) is 0. The van der Waals surface area contributed by atoms with E-state index in [1.807, 2.05) is 32.6 Å². The fourth-order valence-corrected chi connectivity index (χ4v) is 3.92. The van der Waals surface area contributed by atoms with Gasteiger partial charge in [0.25, 0.3) is 0 Å². The van der Waals surface area contributed by atoms with Gasteiger partial charge in [0.1, 0.15) is 12.1 Å². The van der Waals surface area contributed by atoms with E-state index in [4.69, 9.17) is 0 Å². The molecule has 0 aromatic rings. The molecule has 120 valence electrons. The van der Waals surface area contributed by atoms with Crippen LogP contribution in [0.25, 0.3) is 0 Å². The minimum Gasteiger partial charge on any atom is -0.342 e. The zero-order valence-electron chi connectivity index (χ0n) is 14.1. The summed E-state index contributed by atoms with van der Waals surface area (Å²) in [7, 11) is 0. The molecular formula is C17H30N2O2. The van der Waals surface area contributed by atoms with Crippen molar-refractivity contribution in [1.82, 2.24) is 10.2 Å². The van der Waals surface area contributed by atoms with Crippen LogP contribution in [0.3, 0.4) is 0 Å². The monoisotopic (exact) mass is 294 g/mol. The standard InChI is InChI=1S/C17H30N2O2/c1-10(2)14-17(21)19(12(5)13-8-6-7-9-13)15(11(3)4)16(20)18-14/h10-15H,6-9H2,1-5H3,(H,18,20). The van der Waals surface area contributed by atoms with E-state index in [1.165, 1.54) is 25.7 Å². The minimum atomic E-state index is -0.364. The highest BCUT2D eigenvalue weighted by Gasteiger charge is 2.46. The van der Waals surface area contributed by atoms with E-state index in [1.54, 1.807) is 0 Å². The summed E-state index contributed by atoms with van der Waals surface area (Å²) >= 11 is 0. The SMILES string of the molecule is CC(C)C1NC(=O)C(C(C)C)N(C(C)C2CCCC2)C1=O. The average Bonchev–Trinajstić information content (AvgIpc) is 2.92. The van der Waals surface area contributed by atoms with Gasteiger partial charge in [0.2, 0.25) is 11.8 Å². The summed E-state index contributed by atoms with van der Waals surface area (Å²) < 4.78 is 0. The quantitative estimate of drug-likeness (QED) is 0.866. The normalized spacial score (nSPS) is 29.4. The summed E-state index contributed by atoms with van der Waals surface area (Å²) in [5.74, 6) is 0.962. The maximum atomic E-state index is 12.9. The Hall–Kier alpha value is -1.06. The van der Waals surface area contributed by atoms with Crippen LogP contribution in [0.1, 0.15) is 60.3 Å². The molecule has 2 rings (SSSR count). The fourth-order valence-electron chi connectivity index (χ4n) is 3.92. The topological polar surface area (TPSA) is 49.4 Å². The average molecular weight is 294 g/mol. The van der Waals surface area contributed by atoms with E-state index in [2.05, 4.69) is 12.2 Å². The van der Waals surface area contributed by atoms with E-state index >= 15 is 0 Å². The first kappa shape index (κ1) is 16.3. The molecule has 0 radical (unpaired) electrons. The van der Waals surface area contributed by atoms with Crippen LogP contribution >= 0.6 is 0 Å². The molecule has 1 saturated heterocycles.